The van der Waals surface area contributed by atoms with E-state index in [0.717, 1.165) is 19.3 Å². The van der Waals surface area contributed by atoms with Gasteiger partial charge in [0.15, 0.2) is 0 Å². The van der Waals surface area contributed by atoms with Crippen LogP contribution in [0.2, 0.25) is 0 Å². The number of halogens is 1. The molecule has 1 aliphatic heterocycles. The Morgan fingerprint density at radius 1 is 1.27 bits per heavy atom. The number of carbonyl (C=O) groups is 2. The molecule has 3 amide bonds. The molecule has 0 bridgehead atoms. The molecule has 1 aliphatic rings. The number of carbonyl (C=O) groups excluding carboxylic acids is 2. The highest BCUT2D eigenvalue weighted by molar-refractivity contribution is 6.00. The number of fused-ring (bicyclic) bond motifs is 1. The molecule has 1 unspecified atom stereocenters. The number of hydrogen-bond donors (Lipinski definition) is 2. The molecule has 0 saturated heterocycles. The Morgan fingerprint density at radius 2 is 2.00 bits per heavy atom. The predicted molar refractivity (Wildman–Crippen MR) is 115 cm³/mol. The summed E-state index contributed by atoms with van der Waals surface area (Å²) in [6.45, 7) is 9.28. The van der Waals surface area contributed by atoms with Crippen molar-refractivity contribution < 1.29 is 14.0 Å². The number of nitrogens with zero attached hydrogens (tertiary/aromatic N) is 3. The minimum absolute atomic E-state index is 0.128. The summed E-state index contributed by atoms with van der Waals surface area (Å²) in [6.07, 6.45) is 2.78. The van der Waals surface area contributed by atoms with Crippen molar-refractivity contribution in [2.45, 2.75) is 66.1 Å². The topological polar surface area (TPSA) is 93.2 Å². The van der Waals surface area contributed by atoms with Crippen molar-refractivity contribution in [1.82, 2.24) is 20.0 Å². The number of nitrogens with two attached hydrogens (primary N) is 1. The standard InChI is InChI=1S/C20H26FN5O2.C2H6/c1-3-6-15(4-2)23-20(28)25-9-10-26-16(12-25)17(19(22)27)18(24-26)13-7-5-8-14(21)11-13;1-2/h5,7-8,11,15H,3-4,6,9-10,12H2,1-2H3,(H2,22,27)(H,23,28);1-2H3. The smallest absolute Gasteiger partial charge is 0.318 e. The van der Waals surface area contributed by atoms with E-state index in [0.29, 0.717) is 30.0 Å². The van der Waals surface area contributed by atoms with Gasteiger partial charge in [-0.15, -0.1) is 0 Å². The third kappa shape index (κ3) is 5.17. The lowest BCUT2D eigenvalue weighted by Crippen LogP contribution is -2.47. The van der Waals surface area contributed by atoms with E-state index in [2.05, 4.69) is 17.3 Å². The molecule has 1 aromatic carbocycles. The first-order valence-corrected chi connectivity index (χ1v) is 10.6. The Morgan fingerprint density at radius 3 is 2.60 bits per heavy atom. The molecule has 8 heteroatoms. The number of primary amides is 1. The van der Waals surface area contributed by atoms with Gasteiger partial charge in [-0.25, -0.2) is 9.18 Å². The van der Waals surface area contributed by atoms with Gasteiger partial charge >= 0.3 is 6.03 Å². The summed E-state index contributed by atoms with van der Waals surface area (Å²) in [6, 6.07) is 5.87. The molecule has 164 valence electrons. The van der Waals surface area contributed by atoms with Gasteiger partial charge in [-0.1, -0.05) is 46.2 Å². The van der Waals surface area contributed by atoms with Crippen LogP contribution in [-0.4, -0.2) is 39.2 Å². The second kappa shape index (κ2) is 10.8. The zero-order valence-electron chi connectivity index (χ0n) is 18.2. The zero-order chi connectivity index (χ0) is 22.3. The van der Waals surface area contributed by atoms with Crippen molar-refractivity contribution in [3.8, 4) is 11.3 Å². The van der Waals surface area contributed by atoms with Gasteiger partial charge in [0.1, 0.15) is 11.5 Å². The average molecular weight is 418 g/mol. The molecule has 1 atom stereocenters. The number of urea groups is 1. The van der Waals surface area contributed by atoms with Crippen molar-refractivity contribution in [1.29, 1.82) is 0 Å². The highest BCUT2D eigenvalue weighted by Gasteiger charge is 2.30. The largest absolute Gasteiger partial charge is 0.365 e. The number of nitrogens with one attached hydrogen (secondary N) is 1. The molecule has 0 saturated carbocycles. The second-order valence-electron chi connectivity index (χ2n) is 7.03. The van der Waals surface area contributed by atoms with Crippen LogP contribution in [0.3, 0.4) is 0 Å². The molecule has 3 rings (SSSR count). The maximum absolute atomic E-state index is 13.6. The zero-order valence-corrected chi connectivity index (χ0v) is 18.2. The van der Waals surface area contributed by atoms with Crippen LogP contribution < -0.4 is 11.1 Å². The van der Waals surface area contributed by atoms with Crippen LogP contribution in [0.25, 0.3) is 11.3 Å². The fourth-order valence-corrected chi connectivity index (χ4v) is 3.58. The number of hydrogen-bond acceptors (Lipinski definition) is 3. The van der Waals surface area contributed by atoms with Gasteiger partial charge in [0.25, 0.3) is 5.91 Å². The average Bonchev–Trinajstić information content (AvgIpc) is 3.13. The van der Waals surface area contributed by atoms with E-state index in [9.17, 15) is 14.0 Å². The van der Waals surface area contributed by atoms with E-state index in [1.54, 1.807) is 21.7 Å². The maximum atomic E-state index is 13.6. The van der Waals surface area contributed by atoms with Gasteiger partial charge in [-0.3, -0.25) is 9.48 Å². The van der Waals surface area contributed by atoms with Crippen molar-refractivity contribution in [3.05, 3.63) is 41.3 Å². The van der Waals surface area contributed by atoms with Crippen LogP contribution in [0, 0.1) is 5.82 Å². The maximum Gasteiger partial charge on any atom is 0.318 e. The second-order valence-corrected chi connectivity index (χ2v) is 7.03. The highest BCUT2D eigenvalue weighted by atomic mass is 19.1. The van der Waals surface area contributed by atoms with Crippen LogP contribution in [0.4, 0.5) is 9.18 Å². The first-order chi connectivity index (χ1) is 14.4. The minimum atomic E-state index is -0.639. The van der Waals surface area contributed by atoms with Crippen molar-refractivity contribution >= 4 is 11.9 Å². The summed E-state index contributed by atoms with van der Waals surface area (Å²) in [5, 5.41) is 7.53. The molecule has 30 heavy (non-hydrogen) atoms. The fraction of sp³-hybridized carbons (Fsp3) is 0.500. The van der Waals surface area contributed by atoms with E-state index in [1.165, 1.54) is 12.1 Å². The predicted octanol–water partition coefficient (Wildman–Crippen LogP) is 3.92. The summed E-state index contributed by atoms with van der Waals surface area (Å²) in [7, 11) is 0. The third-order valence-corrected chi connectivity index (χ3v) is 5.07. The van der Waals surface area contributed by atoms with Crippen LogP contribution in [0.1, 0.15) is 63.0 Å². The lowest BCUT2D eigenvalue weighted by molar-refractivity contribution is 0.0997. The minimum Gasteiger partial charge on any atom is -0.365 e. The molecule has 0 fully saturated rings. The van der Waals surface area contributed by atoms with E-state index < -0.39 is 11.7 Å². The molecule has 7 nitrogen and oxygen atoms in total. The first kappa shape index (κ1) is 23.4. The molecular weight excluding hydrogens is 385 g/mol. The van der Waals surface area contributed by atoms with E-state index in [-0.39, 0.29) is 24.2 Å². The molecule has 3 N–H and O–H groups in total. The molecule has 0 spiro atoms. The summed E-state index contributed by atoms with van der Waals surface area (Å²) in [4.78, 5) is 26.5. The summed E-state index contributed by atoms with van der Waals surface area (Å²) < 4.78 is 15.3. The van der Waals surface area contributed by atoms with Crippen molar-refractivity contribution in [3.63, 3.8) is 0 Å². The Bertz CT molecular complexity index is 880. The van der Waals surface area contributed by atoms with Gasteiger partial charge in [0.05, 0.1) is 24.3 Å². The molecule has 2 heterocycles. The third-order valence-electron chi connectivity index (χ3n) is 5.07. The van der Waals surface area contributed by atoms with Crippen molar-refractivity contribution in [2.75, 3.05) is 6.54 Å². The van der Waals surface area contributed by atoms with Crippen LogP contribution in [0.15, 0.2) is 24.3 Å². The monoisotopic (exact) mass is 417 g/mol. The van der Waals surface area contributed by atoms with E-state index in [1.807, 2.05) is 20.8 Å². The van der Waals surface area contributed by atoms with Gasteiger partial charge in [0.2, 0.25) is 0 Å². The molecule has 1 aromatic heterocycles. The summed E-state index contributed by atoms with van der Waals surface area (Å²) >= 11 is 0. The Hall–Kier alpha value is -2.90. The SMILES string of the molecule is CC.CCCC(CC)NC(=O)N1CCn2nc(-c3cccc(F)c3)c(C(N)=O)c2C1. The lowest BCUT2D eigenvalue weighted by atomic mass is 10.0. The van der Waals surface area contributed by atoms with Gasteiger partial charge < -0.3 is 16.0 Å². The van der Waals surface area contributed by atoms with Crippen LogP contribution in [-0.2, 0) is 13.1 Å². The molecule has 2 aromatic rings. The fourth-order valence-electron chi connectivity index (χ4n) is 3.58. The van der Waals surface area contributed by atoms with Crippen molar-refractivity contribution in [2.24, 2.45) is 5.73 Å². The quantitative estimate of drug-likeness (QED) is 0.746. The number of amides is 3. The normalized spacial score (nSPS) is 13.7. The Balaban J connectivity index is 0.00000155. The molecular formula is C22H32FN5O2. The number of rotatable bonds is 6. The Kier molecular flexibility index (Phi) is 8.38. The van der Waals surface area contributed by atoms with Gasteiger partial charge in [-0.2, -0.15) is 5.10 Å². The first-order valence-electron chi connectivity index (χ1n) is 10.6. The number of aromatic nitrogens is 2. The van der Waals surface area contributed by atoms with E-state index in [4.69, 9.17) is 5.73 Å². The lowest BCUT2D eigenvalue weighted by Gasteiger charge is -2.30. The van der Waals surface area contributed by atoms with Crippen LogP contribution >= 0.6 is 0 Å². The van der Waals surface area contributed by atoms with E-state index >= 15 is 0 Å². The van der Waals surface area contributed by atoms with Gasteiger partial charge in [0, 0.05) is 18.2 Å². The number of benzene rings is 1. The van der Waals surface area contributed by atoms with Crippen LogP contribution in [0.5, 0.6) is 0 Å². The molecule has 0 aliphatic carbocycles. The Labute approximate surface area is 177 Å². The van der Waals surface area contributed by atoms with Gasteiger partial charge in [-0.05, 0) is 25.0 Å². The summed E-state index contributed by atoms with van der Waals surface area (Å²) in [5.41, 5.74) is 7.27. The highest BCUT2D eigenvalue weighted by Crippen LogP contribution is 2.28. The molecule has 0 radical (unpaired) electrons. The summed E-state index contributed by atoms with van der Waals surface area (Å²) in [5.74, 6) is -1.05.